The molecule has 1 fully saturated rings. The second kappa shape index (κ2) is 2.71. The molecule has 70 valence electrons. The lowest BCUT2D eigenvalue weighted by Crippen LogP contribution is -1.87. The molecular weight excluding hydrogens is 174 g/mol. The molecule has 2 aromatic rings. The third-order valence-electron chi connectivity index (χ3n) is 2.72. The number of phenolic OH excluding ortho intramolecular Hbond substituents is 1. The van der Waals surface area contributed by atoms with Gasteiger partial charge in [0.25, 0.3) is 0 Å². The van der Waals surface area contributed by atoms with Crippen LogP contribution in [-0.2, 0) is 0 Å². The fourth-order valence-corrected chi connectivity index (χ4v) is 1.75. The summed E-state index contributed by atoms with van der Waals surface area (Å²) in [5.41, 5.74) is 1.86. The molecule has 0 unspecified atom stereocenters. The predicted molar refractivity (Wildman–Crippen MR) is 55.4 cm³/mol. The Hall–Kier alpha value is -1.57. The van der Waals surface area contributed by atoms with E-state index in [2.05, 4.69) is 11.1 Å². The van der Waals surface area contributed by atoms with Crippen LogP contribution in [0.15, 0.2) is 30.3 Å². The Morgan fingerprint density at radius 2 is 2.00 bits per heavy atom. The van der Waals surface area contributed by atoms with Crippen molar-refractivity contribution in [3.05, 3.63) is 36.0 Å². The van der Waals surface area contributed by atoms with E-state index in [0.717, 1.165) is 16.6 Å². The number of aromatic hydroxyl groups is 1. The van der Waals surface area contributed by atoms with Gasteiger partial charge in [-0.2, -0.15) is 0 Å². The lowest BCUT2D eigenvalue weighted by Gasteiger charge is -2.02. The summed E-state index contributed by atoms with van der Waals surface area (Å²) >= 11 is 0. The van der Waals surface area contributed by atoms with Crippen molar-refractivity contribution >= 4 is 10.9 Å². The molecule has 0 radical (unpaired) electrons. The van der Waals surface area contributed by atoms with E-state index in [-0.39, 0.29) is 5.75 Å². The molecule has 0 amide bonds. The van der Waals surface area contributed by atoms with Crippen molar-refractivity contribution in [1.82, 2.24) is 4.98 Å². The van der Waals surface area contributed by atoms with Crippen LogP contribution < -0.4 is 0 Å². The number of pyridine rings is 1. The molecule has 0 bridgehead atoms. The summed E-state index contributed by atoms with van der Waals surface area (Å²) < 4.78 is 0. The Kier molecular flexibility index (Phi) is 1.51. The monoisotopic (exact) mass is 185 g/mol. The second-order valence-corrected chi connectivity index (χ2v) is 3.86. The lowest BCUT2D eigenvalue weighted by molar-refractivity contribution is 0.480. The minimum Gasteiger partial charge on any atom is -0.506 e. The highest BCUT2D eigenvalue weighted by atomic mass is 16.3. The molecule has 1 heterocycles. The topological polar surface area (TPSA) is 33.1 Å². The number of nitrogens with zero attached hydrogens (tertiary/aromatic N) is 1. The third kappa shape index (κ3) is 1.15. The number of hydrogen-bond acceptors (Lipinski definition) is 2. The van der Waals surface area contributed by atoms with Gasteiger partial charge in [-0.3, -0.25) is 0 Å². The van der Waals surface area contributed by atoms with E-state index in [0.29, 0.717) is 5.92 Å². The van der Waals surface area contributed by atoms with Crippen molar-refractivity contribution in [3.63, 3.8) is 0 Å². The largest absolute Gasteiger partial charge is 0.506 e. The molecule has 1 aliphatic carbocycles. The molecule has 0 spiro atoms. The summed E-state index contributed by atoms with van der Waals surface area (Å²) in [7, 11) is 0. The van der Waals surface area contributed by atoms with Crippen molar-refractivity contribution in [1.29, 1.82) is 0 Å². The van der Waals surface area contributed by atoms with Crippen LogP contribution in [0.4, 0.5) is 0 Å². The number of hydrogen-bond donors (Lipinski definition) is 1. The zero-order chi connectivity index (χ0) is 9.54. The van der Waals surface area contributed by atoms with Gasteiger partial charge in [0.15, 0.2) is 0 Å². The molecule has 0 saturated heterocycles. The fraction of sp³-hybridized carbons (Fsp3) is 0.250. The van der Waals surface area contributed by atoms with Gasteiger partial charge in [0.2, 0.25) is 0 Å². The van der Waals surface area contributed by atoms with Gasteiger partial charge in [0, 0.05) is 17.0 Å². The van der Waals surface area contributed by atoms with E-state index < -0.39 is 0 Å². The quantitative estimate of drug-likeness (QED) is 0.741. The van der Waals surface area contributed by atoms with Gasteiger partial charge in [-0.25, -0.2) is 4.98 Å². The average Bonchev–Trinajstić information content (AvgIpc) is 3.01. The number of rotatable bonds is 1. The van der Waals surface area contributed by atoms with Gasteiger partial charge in [0.1, 0.15) is 11.3 Å². The highest BCUT2D eigenvalue weighted by molar-refractivity contribution is 5.84. The first kappa shape index (κ1) is 7.80. The van der Waals surface area contributed by atoms with E-state index in [9.17, 15) is 5.11 Å². The van der Waals surface area contributed by atoms with E-state index in [4.69, 9.17) is 0 Å². The predicted octanol–water partition coefficient (Wildman–Crippen LogP) is 2.82. The molecule has 14 heavy (non-hydrogen) atoms. The van der Waals surface area contributed by atoms with Crippen molar-refractivity contribution in [2.75, 3.05) is 0 Å². The first-order chi connectivity index (χ1) is 6.84. The first-order valence-corrected chi connectivity index (χ1v) is 4.93. The maximum absolute atomic E-state index is 9.64. The Labute approximate surface area is 82.2 Å². The van der Waals surface area contributed by atoms with Crippen LogP contribution >= 0.6 is 0 Å². The SMILES string of the molecule is Oc1cccc2ccc(C3CC3)nc12. The van der Waals surface area contributed by atoms with Gasteiger partial charge in [-0.1, -0.05) is 18.2 Å². The molecule has 3 rings (SSSR count). The number of benzene rings is 1. The summed E-state index contributed by atoms with van der Waals surface area (Å²) in [6.45, 7) is 0. The van der Waals surface area contributed by atoms with Crippen LogP contribution in [0.3, 0.4) is 0 Å². The first-order valence-electron chi connectivity index (χ1n) is 4.93. The van der Waals surface area contributed by atoms with Crippen LogP contribution in [0, 0.1) is 0 Å². The molecule has 1 aromatic carbocycles. The molecule has 2 nitrogen and oxygen atoms in total. The Morgan fingerprint density at radius 3 is 2.79 bits per heavy atom. The number of aromatic nitrogens is 1. The number of fused-ring (bicyclic) bond motifs is 1. The Morgan fingerprint density at radius 1 is 1.14 bits per heavy atom. The molecule has 1 N–H and O–H groups in total. The van der Waals surface area contributed by atoms with Gasteiger partial charge in [0.05, 0.1) is 0 Å². The minimum atomic E-state index is 0.282. The van der Waals surface area contributed by atoms with E-state index in [1.807, 2.05) is 18.2 Å². The van der Waals surface area contributed by atoms with Crippen molar-refractivity contribution in [3.8, 4) is 5.75 Å². The van der Waals surface area contributed by atoms with Gasteiger partial charge < -0.3 is 5.11 Å². The summed E-state index contributed by atoms with van der Waals surface area (Å²) in [6.07, 6.45) is 2.48. The molecule has 1 aromatic heterocycles. The van der Waals surface area contributed by atoms with Crippen LogP contribution in [-0.4, -0.2) is 10.1 Å². The van der Waals surface area contributed by atoms with Gasteiger partial charge in [-0.05, 0) is 25.0 Å². The van der Waals surface area contributed by atoms with E-state index in [1.54, 1.807) is 6.07 Å². The van der Waals surface area contributed by atoms with Crippen molar-refractivity contribution in [2.24, 2.45) is 0 Å². The molecule has 0 aliphatic heterocycles. The van der Waals surface area contributed by atoms with Crippen LogP contribution in [0.1, 0.15) is 24.5 Å². The van der Waals surface area contributed by atoms with Gasteiger partial charge >= 0.3 is 0 Å². The average molecular weight is 185 g/mol. The van der Waals surface area contributed by atoms with Crippen LogP contribution in [0.2, 0.25) is 0 Å². The normalized spacial score (nSPS) is 16.0. The van der Waals surface area contributed by atoms with E-state index >= 15 is 0 Å². The summed E-state index contributed by atoms with van der Waals surface area (Å²) in [5, 5.41) is 10.6. The molecule has 0 atom stereocenters. The summed E-state index contributed by atoms with van der Waals surface area (Å²) in [5.74, 6) is 0.920. The Balaban J connectivity index is 2.25. The molecular formula is C12H11NO. The highest BCUT2D eigenvalue weighted by Crippen LogP contribution is 2.39. The summed E-state index contributed by atoms with van der Waals surface area (Å²) in [6, 6.07) is 9.61. The van der Waals surface area contributed by atoms with Crippen molar-refractivity contribution in [2.45, 2.75) is 18.8 Å². The minimum absolute atomic E-state index is 0.282. The maximum Gasteiger partial charge on any atom is 0.141 e. The zero-order valence-electron chi connectivity index (χ0n) is 7.77. The highest BCUT2D eigenvalue weighted by Gasteiger charge is 2.25. The zero-order valence-corrected chi connectivity index (χ0v) is 7.77. The molecule has 1 aliphatic rings. The number of phenols is 1. The number of para-hydroxylation sites is 1. The van der Waals surface area contributed by atoms with Crippen LogP contribution in [0.5, 0.6) is 5.75 Å². The van der Waals surface area contributed by atoms with Gasteiger partial charge in [-0.15, -0.1) is 0 Å². The smallest absolute Gasteiger partial charge is 0.141 e. The Bertz CT molecular complexity index is 489. The summed E-state index contributed by atoms with van der Waals surface area (Å²) in [4.78, 5) is 4.49. The second-order valence-electron chi connectivity index (χ2n) is 3.86. The van der Waals surface area contributed by atoms with E-state index in [1.165, 1.54) is 12.8 Å². The molecule has 1 saturated carbocycles. The fourth-order valence-electron chi connectivity index (χ4n) is 1.75. The maximum atomic E-state index is 9.64. The molecule has 2 heteroatoms. The van der Waals surface area contributed by atoms with Crippen LogP contribution in [0.25, 0.3) is 10.9 Å². The standard InChI is InChI=1S/C12H11NO/c14-11-3-1-2-9-6-7-10(8-4-5-8)13-12(9)11/h1-3,6-8,14H,4-5H2. The lowest BCUT2D eigenvalue weighted by atomic mass is 10.1. The third-order valence-corrected chi connectivity index (χ3v) is 2.72. The van der Waals surface area contributed by atoms with Crippen molar-refractivity contribution < 1.29 is 5.11 Å².